The molecule has 4 heteroatoms. The number of likely N-dealkylation sites (N-methyl/N-ethyl adjacent to an activating group) is 1. The summed E-state index contributed by atoms with van der Waals surface area (Å²) >= 11 is 5.73. The van der Waals surface area contributed by atoms with Crippen LogP contribution in [0.4, 0.5) is 4.39 Å². The predicted octanol–water partition coefficient (Wildman–Crippen LogP) is 4.00. The molecule has 1 aliphatic carbocycles. The van der Waals surface area contributed by atoms with Crippen molar-refractivity contribution in [1.29, 1.82) is 0 Å². The van der Waals surface area contributed by atoms with Crippen molar-refractivity contribution in [3.63, 3.8) is 0 Å². The molecule has 1 aromatic rings. The summed E-state index contributed by atoms with van der Waals surface area (Å²) in [5.41, 5.74) is 1.19. The number of benzene rings is 1. The molecule has 2 rings (SSSR count). The van der Waals surface area contributed by atoms with Gasteiger partial charge in [0.25, 0.3) is 0 Å². The van der Waals surface area contributed by atoms with E-state index in [9.17, 15) is 4.39 Å². The fourth-order valence-corrected chi connectivity index (χ4v) is 3.18. The third-order valence-corrected chi connectivity index (χ3v) is 4.97. The second-order valence-corrected chi connectivity index (χ2v) is 6.51. The van der Waals surface area contributed by atoms with Gasteiger partial charge in [0.2, 0.25) is 0 Å². The first-order valence-electron chi connectivity index (χ1n) is 7.30. The maximum atomic E-state index is 13.5. The second kappa shape index (κ2) is 6.42. The highest BCUT2D eigenvalue weighted by molar-refractivity contribution is 6.30. The van der Waals surface area contributed by atoms with Crippen LogP contribution >= 0.6 is 11.6 Å². The van der Waals surface area contributed by atoms with Gasteiger partial charge in [0.1, 0.15) is 5.82 Å². The van der Waals surface area contributed by atoms with Gasteiger partial charge in [0.05, 0.1) is 5.02 Å². The third-order valence-electron chi connectivity index (χ3n) is 4.66. The molecule has 2 nitrogen and oxygen atoms in total. The molecule has 20 heavy (non-hydrogen) atoms. The molecular formula is C16H24ClFN2. The maximum absolute atomic E-state index is 13.5. The van der Waals surface area contributed by atoms with E-state index in [0.29, 0.717) is 0 Å². The van der Waals surface area contributed by atoms with E-state index in [1.165, 1.54) is 31.7 Å². The third kappa shape index (κ3) is 3.33. The zero-order chi connectivity index (χ0) is 14.8. The molecule has 1 atom stereocenters. The summed E-state index contributed by atoms with van der Waals surface area (Å²) in [6.45, 7) is 3.01. The van der Waals surface area contributed by atoms with Gasteiger partial charge in [0.15, 0.2) is 0 Å². The summed E-state index contributed by atoms with van der Waals surface area (Å²) in [5.74, 6) is -0.346. The summed E-state index contributed by atoms with van der Waals surface area (Å²) in [6, 6.07) is 5.16. The summed E-state index contributed by atoms with van der Waals surface area (Å²) in [6.07, 6.45) is 5.05. The van der Waals surface area contributed by atoms with Crippen LogP contribution in [0.1, 0.15) is 44.2 Å². The molecule has 112 valence electrons. The molecule has 1 aromatic carbocycles. The quantitative estimate of drug-likeness (QED) is 0.884. The van der Waals surface area contributed by atoms with Crippen molar-refractivity contribution < 1.29 is 4.39 Å². The number of nitrogens with zero attached hydrogens (tertiary/aromatic N) is 1. The summed E-state index contributed by atoms with van der Waals surface area (Å²) in [5, 5.41) is 3.74. The van der Waals surface area contributed by atoms with Gasteiger partial charge in [-0.3, -0.25) is 0 Å². The lowest BCUT2D eigenvalue weighted by Gasteiger charge is -2.37. The van der Waals surface area contributed by atoms with E-state index >= 15 is 0 Å². The molecule has 0 bridgehead atoms. The smallest absolute Gasteiger partial charge is 0.142 e. The highest BCUT2D eigenvalue weighted by Gasteiger charge is 2.35. The van der Waals surface area contributed by atoms with Crippen molar-refractivity contribution in [3.8, 4) is 0 Å². The number of nitrogens with one attached hydrogen (secondary N) is 1. The fourth-order valence-electron chi connectivity index (χ4n) is 3.06. The fraction of sp³-hybridized carbons (Fsp3) is 0.625. The van der Waals surface area contributed by atoms with Crippen LogP contribution in [0.2, 0.25) is 5.02 Å². The van der Waals surface area contributed by atoms with Gasteiger partial charge in [-0.2, -0.15) is 0 Å². The summed E-state index contributed by atoms with van der Waals surface area (Å²) in [7, 11) is 4.30. The first kappa shape index (κ1) is 15.7. The Kier molecular flexibility index (Phi) is 5.05. The van der Waals surface area contributed by atoms with Crippen LogP contribution in [-0.4, -0.2) is 31.1 Å². The maximum Gasteiger partial charge on any atom is 0.142 e. The molecule has 0 radical (unpaired) electrons. The van der Waals surface area contributed by atoms with Gasteiger partial charge >= 0.3 is 0 Å². The lowest BCUT2D eigenvalue weighted by Crippen LogP contribution is -2.50. The molecule has 0 aliphatic heterocycles. The Morgan fingerprint density at radius 3 is 2.55 bits per heavy atom. The standard InChI is InChI=1S/C16H24ClFN2/c1-12(13-6-7-14(17)15(18)10-13)19-11-16(20(2)3)8-4-5-9-16/h6-7,10,12,19H,4-5,8-9,11H2,1-3H3. The van der Waals surface area contributed by atoms with Crippen molar-refractivity contribution in [2.24, 2.45) is 0 Å². The highest BCUT2D eigenvalue weighted by Crippen LogP contribution is 2.33. The number of rotatable bonds is 5. The Hall–Kier alpha value is -0.640. The molecule has 0 amide bonds. The van der Waals surface area contributed by atoms with E-state index in [1.54, 1.807) is 6.07 Å². The molecule has 1 aliphatic rings. The summed E-state index contributed by atoms with van der Waals surface area (Å²) in [4.78, 5) is 2.34. The summed E-state index contributed by atoms with van der Waals surface area (Å²) < 4.78 is 13.5. The first-order chi connectivity index (χ1) is 9.44. The lowest BCUT2D eigenvalue weighted by molar-refractivity contribution is 0.150. The van der Waals surface area contributed by atoms with Crippen LogP contribution in [0.15, 0.2) is 18.2 Å². The minimum atomic E-state index is -0.346. The monoisotopic (exact) mass is 298 g/mol. The lowest BCUT2D eigenvalue weighted by atomic mass is 9.95. The van der Waals surface area contributed by atoms with Gasteiger partial charge < -0.3 is 10.2 Å². The van der Waals surface area contributed by atoms with E-state index in [1.807, 2.05) is 6.07 Å². The average Bonchev–Trinajstić information content (AvgIpc) is 2.89. The largest absolute Gasteiger partial charge is 0.308 e. The Morgan fingerprint density at radius 2 is 2.00 bits per heavy atom. The second-order valence-electron chi connectivity index (χ2n) is 6.10. The number of halogens is 2. The van der Waals surface area contributed by atoms with Gasteiger partial charge in [0, 0.05) is 18.1 Å². The number of hydrogen-bond acceptors (Lipinski definition) is 2. The van der Waals surface area contributed by atoms with E-state index in [0.717, 1.165) is 12.1 Å². The van der Waals surface area contributed by atoms with Crippen molar-refractivity contribution in [1.82, 2.24) is 10.2 Å². The minimum Gasteiger partial charge on any atom is -0.308 e. The molecule has 0 aromatic heterocycles. The average molecular weight is 299 g/mol. The molecule has 0 spiro atoms. The van der Waals surface area contributed by atoms with Crippen LogP contribution < -0.4 is 5.32 Å². The normalized spacial score (nSPS) is 19.5. The predicted molar refractivity (Wildman–Crippen MR) is 82.7 cm³/mol. The zero-order valence-electron chi connectivity index (χ0n) is 12.5. The molecule has 1 unspecified atom stereocenters. The van der Waals surface area contributed by atoms with Gasteiger partial charge in [-0.1, -0.05) is 30.5 Å². The van der Waals surface area contributed by atoms with E-state index in [4.69, 9.17) is 11.6 Å². The van der Waals surface area contributed by atoms with Crippen molar-refractivity contribution in [2.75, 3.05) is 20.6 Å². The van der Waals surface area contributed by atoms with E-state index in [2.05, 4.69) is 31.2 Å². The van der Waals surface area contributed by atoms with Gasteiger partial charge in [-0.25, -0.2) is 4.39 Å². The van der Waals surface area contributed by atoms with Gasteiger partial charge in [-0.15, -0.1) is 0 Å². The van der Waals surface area contributed by atoms with Crippen LogP contribution in [0.25, 0.3) is 0 Å². The van der Waals surface area contributed by atoms with Crippen LogP contribution in [-0.2, 0) is 0 Å². The van der Waals surface area contributed by atoms with Crippen LogP contribution in [0.5, 0.6) is 0 Å². The SMILES string of the molecule is CC(NCC1(N(C)C)CCCC1)c1ccc(Cl)c(F)c1. The molecular weight excluding hydrogens is 275 g/mol. The van der Waals surface area contributed by atoms with Crippen LogP contribution in [0.3, 0.4) is 0 Å². The Balaban J connectivity index is 2.00. The first-order valence-corrected chi connectivity index (χ1v) is 7.68. The molecule has 1 N–H and O–H groups in total. The Labute approximate surface area is 126 Å². The zero-order valence-corrected chi connectivity index (χ0v) is 13.3. The highest BCUT2D eigenvalue weighted by atomic mass is 35.5. The van der Waals surface area contributed by atoms with Crippen molar-refractivity contribution >= 4 is 11.6 Å². The molecule has 1 saturated carbocycles. The Morgan fingerprint density at radius 1 is 1.35 bits per heavy atom. The number of hydrogen-bond donors (Lipinski definition) is 1. The van der Waals surface area contributed by atoms with E-state index < -0.39 is 0 Å². The van der Waals surface area contributed by atoms with Gasteiger partial charge in [-0.05, 0) is 51.6 Å². The van der Waals surface area contributed by atoms with Crippen molar-refractivity contribution in [2.45, 2.75) is 44.2 Å². The van der Waals surface area contributed by atoms with E-state index in [-0.39, 0.29) is 22.4 Å². The Bertz CT molecular complexity index is 456. The molecule has 0 heterocycles. The molecule has 0 saturated heterocycles. The van der Waals surface area contributed by atoms with Crippen LogP contribution in [0, 0.1) is 5.82 Å². The van der Waals surface area contributed by atoms with Crippen molar-refractivity contribution in [3.05, 3.63) is 34.6 Å². The molecule has 1 fully saturated rings. The topological polar surface area (TPSA) is 15.3 Å². The minimum absolute atomic E-state index is 0.124.